The van der Waals surface area contributed by atoms with Crippen molar-refractivity contribution in [2.45, 2.75) is 39.3 Å². The van der Waals surface area contributed by atoms with Crippen molar-refractivity contribution < 1.29 is 13.5 Å². The first-order valence-electron chi connectivity index (χ1n) is 6.54. The molecule has 0 aliphatic rings. The minimum atomic E-state index is -0.415. The van der Waals surface area contributed by atoms with Crippen molar-refractivity contribution in [3.05, 3.63) is 41.4 Å². The van der Waals surface area contributed by atoms with E-state index in [0.29, 0.717) is 18.2 Å². The highest BCUT2D eigenvalue weighted by Crippen LogP contribution is 2.20. The van der Waals surface area contributed by atoms with Crippen molar-refractivity contribution in [2.75, 3.05) is 0 Å². The van der Waals surface area contributed by atoms with Crippen LogP contribution in [0.15, 0.2) is 22.6 Å². The quantitative estimate of drug-likeness (QED) is 0.878. The second-order valence-electron chi connectivity index (χ2n) is 4.64. The number of hydrogen-bond donors (Lipinski definition) is 1. The fraction of sp³-hybridized carbons (Fsp3) is 0.429. The molecule has 1 atom stereocenters. The zero-order valence-corrected chi connectivity index (χ0v) is 11.6. The van der Waals surface area contributed by atoms with Crippen molar-refractivity contribution in [1.29, 1.82) is 0 Å². The van der Waals surface area contributed by atoms with Crippen molar-refractivity contribution >= 4 is 0 Å². The Bertz CT molecular complexity index is 571. The molecule has 108 valence electrons. The van der Waals surface area contributed by atoms with E-state index >= 15 is 0 Å². The number of benzene rings is 1. The molecule has 2 aromatic rings. The normalized spacial score (nSPS) is 12.4. The fourth-order valence-electron chi connectivity index (χ4n) is 1.77. The third-order valence-corrected chi connectivity index (χ3v) is 2.94. The minimum absolute atomic E-state index is 0.0440. The van der Waals surface area contributed by atoms with E-state index in [-0.39, 0.29) is 18.4 Å². The summed E-state index contributed by atoms with van der Waals surface area (Å²) in [6.45, 7) is 3.74. The standard InChI is InChI=1S/C14H18FN3O2/c1-3-11(16)6-10-4-5-13(12(15)7-10)19-8-14-18-17-9(2)20-14/h4-5,7,11H,3,6,8,16H2,1-2H3. The van der Waals surface area contributed by atoms with Gasteiger partial charge in [0.1, 0.15) is 0 Å². The lowest BCUT2D eigenvalue weighted by atomic mass is 10.0. The number of hydrogen-bond acceptors (Lipinski definition) is 5. The summed E-state index contributed by atoms with van der Waals surface area (Å²) in [5.74, 6) is 0.517. The van der Waals surface area contributed by atoms with Crippen molar-refractivity contribution in [3.63, 3.8) is 0 Å². The Labute approximate surface area is 116 Å². The summed E-state index contributed by atoms with van der Waals surface area (Å²) in [7, 11) is 0. The number of ether oxygens (including phenoxy) is 1. The lowest BCUT2D eigenvalue weighted by Crippen LogP contribution is -2.21. The molecule has 1 unspecified atom stereocenters. The molecule has 1 aromatic heterocycles. The van der Waals surface area contributed by atoms with Gasteiger partial charge in [0.25, 0.3) is 5.89 Å². The largest absolute Gasteiger partial charge is 0.481 e. The van der Waals surface area contributed by atoms with Gasteiger partial charge in [-0.25, -0.2) is 4.39 Å². The smallest absolute Gasteiger partial charge is 0.253 e. The second kappa shape index (κ2) is 6.47. The molecule has 0 aliphatic carbocycles. The van der Waals surface area contributed by atoms with Crippen LogP contribution in [-0.2, 0) is 13.0 Å². The summed E-state index contributed by atoms with van der Waals surface area (Å²) >= 11 is 0. The monoisotopic (exact) mass is 279 g/mol. The van der Waals surface area contributed by atoms with Crippen LogP contribution in [0.1, 0.15) is 30.7 Å². The van der Waals surface area contributed by atoms with Gasteiger partial charge in [-0.05, 0) is 30.5 Å². The van der Waals surface area contributed by atoms with E-state index in [9.17, 15) is 4.39 Å². The zero-order chi connectivity index (χ0) is 14.5. The Hall–Kier alpha value is -1.95. The van der Waals surface area contributed by atoms with Crippen LogP contribution in [0.25, 0.3) is 0 Å². The van der Waals surface area contributed by atoms with Crippen molar-refractivity contribution in [1.82, 2.24) is 10.2 Å². The van der Waals surface area contributed by atoms with Gasteiger partial charge < -0.3 is 14.9 Å². The van der Waals surface area contributed by atoms with Crippen LogP contribution < -0.4 is 10.5 Å². The molecule has 0 radical (unpaired) electrons. The van der Waals surface area contributed by atoms with Crippen LogP contribution in [0.3, 0.4) is 0 Å². The Morgan fingerprint density at radius 2 is 2.20 bits per heavy atom. The number of nitrogens with two attached hydrogens (primary N) is 1. The summed E-state index contributed by atoms with van der Waals surface area (Å²) in [5, 5.41) is 7.45. The van der Waals surface area contributed by atoms with Gasteiger partial charge in [-0.2, -0.15) is 0 Å². The molecule has 6 heteroatoms. The average molecular weight is 279 g/mol. The van der Waals surface area contributed by atoms with Crippen LogP contribution in [0.4, 0.5) is 4.39 Å². The molecular formula is C14H18FN3O2. The molecule has 0 fully saturated rings. The first kappa shape index (κ1) is 14.5. The van der Waals surface area contributed by atoms with E-state index in [2.05, 4.69) is 10.2 Å². The lowest BCUT2D eigenvalue weighted by molar-refractivity contribution is 0.249. The van der Waals surface area contributed by atoms with Gasteiger partial charge in [0, 0.05) is 13.0 Å². The van der Waals surface area contributed by atoms with Gasteiger partial charge in [0.15, 0.2) is 18.2 Å². The van der Waals surface area contributed by atoms with E-state index in [1.165, 1.54) is 6.07 Å². The molecular weight excluding hydrogens is 261 g/mol. The van der Waals surface area contributed by atoms with Gasteiger partial charge in [-0.15, -0.1) is 10.2 Å². The molecule has 0 spiro atoms. The molecule has 0 aliphatic heterocycles. The summed E-state index contributed by atoms with van der Waals surface area (Å²) in [6.07, 6.45) is 1.51. The minimum Gasteiger partial charge on any atom is -0.481 e. The first-order valence-corrected chi connectivity index (χ1v) is 6.54. The maximum absolute atomic E-state index is 13.9. The number of nitrogens with zero attached hydrogens (tertiary/aromatic N) is 2. The van der Waals surface area contributed by atoms with Crippen molar-refractivity contribution in [3.8, 4) is 5.75 Å². The molecule has 0 amide bonds. The highest BCUT2D eigenvalue weighted by atomic mass is 19.1. The SMILES string of the molecule is CCC(N)Cc1ccc(OCc2nnc(C)o2)c(F)c1. The van der Waals surface area contributed by atoms with E-state index in [4.69, 9.17) is 14.9 Å². The van der Waals surface area contributed by atoms with E-state index < -0.39 is 5.82 Å². The Morgan fingerprint density at radius 1 is 1.40 bits per heavy atom. The maximum atomic E-state index is 13.9. The summed E-state index contributed by atoms with van der Waals surface area (Å²) < 4.78 is 24.3. The highest BCUT2D eigenvalue weighted by Gasteiger charge is 2.09. The molecule has 5 nitrogen and oxygen atoms in total. The lowest BCUT2D eigenvalue weighted by Gasteiger charge is -2.10. The van der Waals surface area contributed by atoms with Crippen molar-refractivity contribution in [2.24, 2.45) is 5.73 Å². The Balaban J connectivity index is 1.98. The summed E-state index contributed by atoms with van der Waals surface area (Å²) in [6, 6.07) is 4.90. The van der Waals surface area contributed by atoms with E-state index in [1.54, 1.807) is 13.0 Å². The molecule has 1 heterocycles. The van der Waals surface area contributed by atoms with Gasteiger partial charge >= 0.3 is 0 Å². The number of aromatic nitrogens is 2. The third kappa shape index (κ3) is 3.77. The topological polar surface area (TPSA) is 74.2 Å². The number of halogens is 1. The van der Waals surface area contributed by atoms with Crippen LogP contribution in [0.5, 0.6) is 5.75 Å². The second-order valence-corrected chi connectivity index (χ2v) is 4.64. The van der Waals surface area contributed by atoms with Crippen LogP contribution >= 0.6 is 0 Å². The number of rotatable bonds is 6. The van der Waals surface area contributed by atoms with E-state index in [1.807, 2.05) is 13.0 Å². The van der Waals surface area contributed by atoms with Gasteiger partial charge in [-0.3, -0.25) is 0 Å². The molecule has 1 aromatic carbocycles. The zero-order valence-electron chi connectivity index (χ0n) is 11.6. The molecule has 0 saturated carbocycles. The van der Waals surface area contributed by atoms with Gasteiger partial charge in [0.05, 0.1) is 0 Å². The molecule has 0 saturated heterocycles. The molecule has 2 rings (SSSR count). The molecule has 2 N–H and O–H groups in total. The Kier molecular flexibility index (Phi) is 4.68. The Morgan fingerprint density at radius 3 is 2.80 bits per heavy atom. The van der Waals surface area contributed by atoms with Crippen LogP contribution in [0, 0.1) is 12.7 Å². The summed E-state index contributed by atoms with van der Waals surface area (Å²) in [4.78, 5) is 0. The van der Waals surface area contributed by atoms with Gasteiger partial charge in [-0.1, -0.05) is 13.0 Å². The van der Waals surface area contributed by atoms with E-state index in [0.717, 1.165) is 12.0 Å². The number of aryl methyl sites for hydroxylation is 1. The molecule has 0 bridgehead atoms. The maximum Gasteiger partial charge on any atom is 0.253 e. The third-order valence-electron chi connectivity index (χ3n) is 2.94. The average Bonchev–Trinajstić information content (AvgIpc) is 2.83. The highest BCUT2D eigenvalue weighted by molar-refractivity contribution is 5.29. The predicted molar refractivity (Wildman–Crippen MR) is 71.7 cm³/mol. The fourth-order valence-corrected chi connectivity index (χ4v) is 1.77. The van der Waals surface area contributed by atoms with Crippen LogP contribution in [0.2, 0.25) is 0 Å². The van der Waals surface area contributed by atoms with Crippen LogP contribution in [-0.4, -0.2) is 16.2 Å². The summed E-state index contributed by atoms with van der Waals surface area (Å²) in [5.41, 5.74) is 6.71. The van der Waals surface area contributed by atoms with Gasteiger partial charge in [0.2, 0.25) is 5.89 Å². The first-order chi connectivity index (χ1) is 9.58. The predicted octanol–water partition coefficient (Wildman–Crippen LogP) is 2.38. The molecule has 20 heavy (non-hydrogen) atoms.